The van der Waals surface area contributed by atoms with Crippen LogP contribution in [0.4, 0.5) is 14.9 Å². The van der Waals surface area contributed by atoms with Crippen LogP contribution in [-0.4, -0.2) is 23.6 Å². The molecule has 0 saturated heterocycles. The fourth-order valence-corrected chi connectivity index (χ4v) is 1.92. The lowest BCUT2D eigenvalue weighted by molar-refractivity contribution is -0.119. The van der Waals surface area contributed by atoms with E-state index in [1.807, 2.05) is 13.8 Å². The van der Waals surface area contributed by atoms with Gasteiger partial charge in [-0.15, -0.1) is 0 Å². The summed E-state index contributed by atoms with van der Waals surface area (Å²) >= 11 is 0. The number of hydrogen-bond donors (Lipinski definition) is 2. The van der Waals surface area contributed by atoms with E-state index in [1.165, 1.54) is 18.2 Å². The van der Waals surface area contributed by atoms with Crippen molar-refractivity contribution in [3.8, 4) is 0 Å². The maximum Gasteiger partial charge on any atom is 0.408 e. The predicted octanol–water partition coefficient (Wildman–Crippen LogP) is 3.70. The topological polar surface area (TPSA) is 67.4 Å². The van der Waals surface area contributed by atoms with Gasteiger partial charge in [0.1, 0.15) is 17.5 Å². The molecule has 0 radical (unpaired) electrons. The van der Waals surface area contributed by atoms with Gasteiger partial charge in [0.15, 0.2) is 0 Å². The van der Waals surface area contributed by atoms with Gasteiger partial charge in [-0.25, -0.2) is 9.18 Å². The number of rotatable bonds is 5. The Balaban J connectivity index is 2.80. The molecular weight excluding hydrogens is 299 g/mol. The monoisotopic (exact) mass is 324 g/mol. The van der Waals surface area contributed by atoms with Crippen LogP contribution in [0.25, 0.3) is 0 Å². The molecule has 5 nitrogen and oxygen atoms in total. The smallest absolute Gasteiger partial charge is 0.408 e. The number of ether oxygens (including phenoxy) is 1. The second kappa shape index (κ2) is 7.94. The van der Waals surface area contributed by atoms with Crippen molar-refractivity contribution in [1.29, 1.82) is 0 Å². The zero-order chi connectivity index (χ0) is 17.6. The normalized spacial score (nSPS) is 13.8. The van der Waals surface area contributed by atoms with Crippen molar-refractivity contribution in [3.05, 3.63) is 30.1 Å². The van der Waals surface area contributed by atoms with Gasteiger partial charge in [-0.1, -0.05) is 26.3 Å². The third kappa shape index (κ3) is 6.67. The Labute approximate surface area is 136 Å². The lowest BCUT2D eigenvalue weighted by atomic mass is 9.98. The van der Waals surface area contributed by atoms with Crippen LogP contribution in [0.3, 0.4) is 0 Å². The fourth-order valence-electron chi connectivity index (χ4n) is 1.92. The highest BCUT2D eigenvalue weighted by Gasteiger charge is 2.28. The first-order chi connectivity index (χ1) is 10.6. The largest absolute Gasteiger partial charge is 0.444 e. The molecule has 0 spiro atoms. The minimum Gasteiger partial charge on any atom is -0.444 e. The molecule has 0 saturated carbocycles. The van der Waals surface area contributed by atoms with Gasteiger partial charge in [-0.3, -0.25) is 4.79 Å². The molecule has 0 aromatic heterocycles. The molecule has 0 aliphatic carbocycles. The molecule has 2 amide bonds. The van der Waals surface area contributed by atoms with Crippen molar-refractivity contribution >= 4 is 17.7 Å². The van der Waals surface area contributed by atoms with Crippen LogP contribution in [-0.2, 0) is 9.53 Å². The number of benzene rings is 1. The van der Waals surface area contributed by atoms with E-state index in [9.17, 15) is 14.0 Å². The van der Waals surface area contributed by atoms with Crippen molar-refractivity contribution in [3.63, 3.8) is 0 Å². The molecule has 0 aliphatic heterocycles. The highest BCUT2D eigenvalue weighted by Crippen LogP contribution is 2.14. The molecule has 0 fully saturated rings. The second-order valence-corrected chi connectivity index (χ2v) is 6.51. The van der Waals surface area contributed by atoms with Gasteiger partial charge in [-0.05, 0) is 44.9 Å². The summed E-state index contributed by atoms with van der Waals surface area (Å²) in [6.07, 6.45) is 0.0361. The lowest BCUT2D eigenvalue weighted by Gasteiger charge is -2.26. The Morgan fingerprint density at radius 1 is 1.30 bits per heavy atom. The van der Waals surface area contributed by atoms with E-state index < -0.39 is 29.5 Å². The predicted molar refractivity (Wildman–Crippen MR) is 87.6 cm³/mol. The Hall–Kier alpha value is -2.11. The Bertz CT molecular complexity index is 555. The summed E-state index contributed by atoms with van der Waals surface area (Å²) < 4.78 is 18.4. The quantitative estimate of drug-likeness (QED) is 0.868. The summed E-state index contributed by atoms with van der Waals surface area (Å²) in [4.78, 5) is 24.3. The van der Waals surface area contributed by atoms with Gasteiger partial charge in [-0.2, -0.15) is 0 Å². The SMILES string of the molecule is CCC(C)C(NC(=O)OC(C)(C)C)C(=O)Nc1cccc(F)c1. The molecule has 23 heavy (non-hydrogen) atoms. The zero-order valence-electron chi connectivity index (χ0n) is 14.3. The first-order valence-corrected chi connectivity index (χ1v) is 7.68. The molecule has 0 bridgehead atoms. The van der Waals surface area contributed by atoms with Gasteiger partial charge in [0.2, 0.25) is 5.91 Å². The van der Waals surface area contributed by atoms with Crippen molar-refractivity contribution in [2.45, 2.75) is 52.7 Å². The minimum atomic E-state index is -0.766. The van der Waals surface area contributed by atoms with Gasteiger partial charge in [0, 0.05) is 5.69 Å². The molecule has 1 aromatic carbocycles. The van der Waals surface area contributed by atoms with E-state index in [4.69, 9.17) is 4.74 Å². The average molecular weight is 324 g/mol. The van der Waals surface area contributed by atoms with E-state index in [-0.39, 0.29) is 5.92 Å². The number of amides is 2. The number of hydrogen-bond acceptors (Lipinski definition) is 3. The van der Waals surface area contributed by atoms with Crippen molar-refractivity contribution in [1.82, 2.24) is 5.32 Å². The van der Waals surface area contributed by atoms with Crippen molar-refractivity contribution in [2.75, 3.05) is 5.32 Å². The summed E-state index contributed by atoms with van der Waals surface area (Å²) in [6.45, 7) is 9.02. The molecule has 2 atom stereocenters. The first-order valence-electron chi connectivity index (χ1n) is 7.68. The van der Waals surface area contributed by atoms with Crippen LogP contribution in [0.2, 0.25) is 0 Å². The molecule has 1 rings (SSSR count). The minimum absolute atomic E-state index is 0.101. The molecular formula is C17H25FN2O3. The second-order valence-electron chi connectivity index (χ2n) is 6.51. The van der Waals surface area contributed by atoms with E-state index in [1.54, 1.807) is 26.8 Å². The molecule has 0 aliphatic rings. The number of nitrogens with one attached hydrogen (secondary N) is 2. The van der Waals surface area contributed by atoms with Crippen LogP contribution in [0.1, 0.15) is 41.0 Å². The van der Waals surface area contributed by atoms with Gasteiger partial charge < -0.3 is 15.4 Å². The summed E-state index contributed by atoms with van der Waals surface area (Å²) in [5, 5.41) is 5.21. The maximum absolute atomic E-state index is 13.2. The molecule has 2 N–H and O–H groups in total. The number of alkyl carbamates (subject to hydrolysis) is 1. The molecule has 128 valence electrons. The van der Waals surface area contributed by atoms with Crippen molar-refractivity contribution in [2.24, 2.45) is 5.92 Å². The Morgan fingerprint density at radius 2 is 1.96 bits per heavy atom. The average Bonchev–Trinajstić information content (AvgIpc) is 2.42. The van der Waals surface area contributed by atoms with Gasteiger partial charge >= 0.3 is 6.09 Å². The lowest BCUT2D eigenvalue weighted by Crippen LogP contribution is -2.49. The van der Waals surface area contributed by atoms with Crippen LogP contribution < -0.4 is 10.6 Å². The van der Waals surface area contributed by atoms with E-state index in [2.05, 4.69) is 10.6 Å². The highest BCUT2D eigenvalue weighted by atomic mass is 19.1. The highest BCUT2D eigenvalue weighted by molar-refractivity contribution is 5.96. The first kappa shape index (κ1) is 18.9. The van der Waals surface area contributed by atoms with E-state index in [0.29, 0.717) is 12.1 Å². The molecule has 2 unspecified atom stereocenters. The number of carbonyl (C=O) groups excluding carboxylic acids is 2. The van der Waals surface area contributed by atoms with Crippen LogP contribution in [0.5, 0.6) is 0 Å². The summed E-state index contributed by atoms with van der Waals surface area (Å²) in [6, 6.07) is 4.84. The number of anilines is 1. The van der Waals surface area contributed by atoms with Crippen LogP contribution in [0, 0.1) is 11.7 Å². The maximum atomic E-state index is 13.2. The Morgan fingerprint density at radius 3 is 2.48 bits per heavy atom. The third-order valence-electron chi connectivity index (χ3n) is 3.26. The molecule has 6 heteroatoms. The number of halogens is 1. The molecule has 0 heterocycles. The van der Waals surface area contributed by atoms with Crippen LogP contribution >= 0.6 is 0 Å². The standard InChI is InChI=1S/C17H25FN2O3/c1-6-11(2)14(20-16(22)23-17(3,4)5)15(21)19-13-9-7-8-12(18)10-13/h7-11,14H,6H2,1-5H3,(H,19,21)(H,20,22). The summed E-state index contributed by atoms with van der Waals surface area (Å²) in [7, 11) is 0. The molecule has 1 aromatic rings. The zero-order valence-corrected chi connectivity index (χ0v) is 14.3. The van der Waals surface area contributed by atoms with Gasteiger partial charge in [0.25, 0.3) is 0 Å². The number of carbonyl (C=O) groups is 2. The Kier molecular flexibility index (Phi) is 6.54. The fraction of sp³-hybridized carbons (Fsp3) is 0.529. The third-order valence-corrected chi connectivity index (χ3v) is 3.26. The van der Waals surface area contributed by atoms with E-state index >= 15 is 0 Å². The summed E-state index contributed by atoms with van der Waals surface area (Å²) in [5.41, 5.74) is -0.308. The van der Waals surface area contributed by atoms with Crippen LogP contribution in [0.15, 0.2) is 24.3 Å². The van der Waals surface area contributed by atoms with Crippen molar-refractivity contribution < 1.29 is 18.7 Å². The van der Waals surface area contributed by atoms with Gasteiger partial charge in [0.05, 0.1) is 0 Å². The summed E-state index contributed by atoms with van der Waals surface area (Å²) in [5.74, 6) is -0.949. The van der Waals surface area contributed by atoms with E-state index in [0.717, 1.165) is 0 Å².